The molecule has 3 N–H and O–H groups in total. The van der Waals surface area contributed by atoms with Crippen LogP contribution in [0.4, 0.5) is 0 Å². The highest BCUT2D eigenvalue weighted by atomic mass is 31.2. The van der Waals surface area contributed by atoms with Crippen LogP contribution in [0.2, 0.25) is 0 Å². The summed E-state index contributed by atoms with van der Waals surface area (Å²) >= 11 is 0. The zero-order valence-corrected chi connectivity index (χ0v) is 64.8. The fraction of sp³-hybridized carbons (Fsp3) is 0.949. The first-order valence-corrected chi connectivity index (χ1v) is 43.8. The summed E-state index contributed by atoms with van der Waals surface area (Å²) in [4.78, 5) is 72.7. The second-order valence-corrected chi connectivity index (χ2v) is 31.0. The summed E-state index contributed by atoms with van der Waals surface area (Å²) in [7, 11) is -9.90. The molecule has 0 fully saturated rings. The van der Waals surface area contributed by atoms with E-state index in [1.54, 1.807) is 0 Å². The molecule has 17 nitrogen and oxygen atoms in total. The van der Waals surface area contributed by atoms with E-state index in [1.165, 1.54) is 238 Å². The zero-order valence-electron chi connectivity index (χ0n) is 63.1. The Labute approximate surface area is 594 Å². The van der Waals surface area contributed by atoms with Gasteiger partial charge in [0.1, 0.15) is 19.3 Å². The van der Waals surface area contributed by atoms with Gasteiger partial charge in [0, 0.05) is 25.7 Å². The van der Waals surface area contributed by atoms with Crippen LogP contribution < -0.4 is 0 Å². The minimum Gasteiger partial charge on any atom is -0.462 e. The molecule has 0 aliphatic rings. The first kappa shape index (κ1) is 95.1. The SMILES string of the molecule is CCCCCCCCCCCCCCCCCCCCCCCCC(=O)O[C@H](COC(=O)CCCCCCCCCCCCCCCCCC)COP(=O)(O)OC[C@@H](O)COP(=O)(O)OC[C@@H](COC(=O)CCCCCCCCC)OC(=O)CCCCCCCCCCCCCC. The van der Waals surface area contributed by atoms with Gasteiger partial charge in [0.05, 0.1) is 26.4 Å². The van der Waals surface area contributed by atoms with E-state index in [9.17, 15) is 43.2 Å². The summed E-state index contributed by atoms with van der Waals surface area (Å²) in [6.45, 7) is 4.96. The van der Waals surface area contributed by atoms with Gasteiger partial charge in [-0.1, -0.05) is 368 Å². The van der Waals surface area contributed by atoms with Crippen molar-refractivity contribution in [3.8, 4) is 0 Å². The number of unbranched alkanes of at least 4 members (excludes halogenated alkanes) is 53. The van der Waals surface area contributed by atoms with Gasteiger partial charge in [-0.05, 0) is 25.7 Å². The van der Waals surface area contributed by atoms with E-state index in [4.69, 9.17) is 37.0 Å². The van der Waals surface area contributed by atoms with Crippen LogP contribution in [0, 0.1) is 0 Å². The van der Waals surface area contributed by atoms with Crippen molar-refractivity contribution in [2.75, 3.05) is 39.6 Å². The van der Waals surface area contributed by atoms with E-state index in [-0.39, 0.29) is 25.7 Å². The Morgan fingerprint density at radius 3 is 0.608 bits per heavy atom. The van der Waals surface area contributed by atoms with E-state index in [1.807, 2.05) is 0 Å². The van der Waals surface area contributed by atoms with Crippen LogP contribution in [-0.4, -0.2) is 96.7 Å². The van der Waals surface area contributed by atoms with Gasteiger partial charge in [-0.2, -0.15) is 0 Å². The van der Waals surface area contributed by atoms with Crippen LogP contribution in [0.5, 0.6) is 0 Å². The molecule has 0 amide bonds. The lowest BCUT2D eigenvalue weighted by Crippen LogP contribution is -2.30. The molecule has 0 bridgehead atoms. The van der Waals surface area contributed by atoms with E-state index < -0.39 is 97.5 Å². The van der Waals surface area contributed by atoms with Gasteiger partial charge in [-0.15, -0.1) is 0 Å². The highest BCUT2D eigenvalue weighted by molar-refractivity contribution is 7.47. The molecule has 0 aromatic heterocycles. The van der Waals surface area contributed by atoms with Crippen LogP contribution >= 0.6 is 15.6 Å². The summed E-state index contributed by atoms with van der Waals surface area (Å²) in [6, 6.07) is 0. The molecule has 0 aliphatic heterocycles. The van der Waals surface area contributed by atoms with E-state index in [0.717, 1.165) is 103 Å². The Morgan fingerprint density at radius 2 is 0.412 bits per heavy atom. The molecular formula is C78H152O17P2. The third-order valence-electron chi connectivity index (χ3n) is 18.4. The molecule has 0 radical (unpaired) electrons. The largest absolute Gasteiger partial charge is 0.472 e. The fourth-order valence-corrected chi connectivity index (χ4v) is 13.7. The summed E-state index contributed by atoms with van der Waals surface area (Å²) < 4.78 is 68.5. The number of rotatable bonds is 79. The highest BCUT2D eigenvalue weighted by Crippen LogP contribution is 2.45. The first-order chi connectivity index (χ1) is 47.2. The molecule has 0 saturated heterocycles. The van der Waals surface area contributed by atoms with E-state index >= 15 is 0 Å². The van der Waals surface area contributed by atoms with E-state index in [2.05, 4.69) is 27.7 Å². The Hall–Kier alpha value is -1.94. The van der Waals surface area contributed by atoms with Crippen molar-refractivity contribution in [1.82, 2.24) is 0 Å². The Bertz CT molecular complexity index is 1840. The van der Waals surface area contributed by atoms with Crippen molar-refractivity contribution in [1.29, 1.82) is 0 Å². The number of carbonyl (C=O) groups is 4. The van der Waals surface area contributed by atoms with Gasteiger partial charge in [-0.3, -0.25) is 37.3 Å². The third-order valence-corrected chi connectivity index (χ3v) is 20.3. The number of phosphoric acid groups is 2. The highest BCUT2D eigenvalue weighted by Gasteiger charge is 2.30. The second-order valence-electron chi connectivity index (χ2n) is 28.1. The molecule has 0 spiro atoms. The molecule has 5 atom stereocenters. The minimum absolute atomic E-state index is 0.108. The van der Waals surface area contributed by atoms with Crippen LogP contribution in [0.1, 0.15) is 419 Å². The van der Waals surface area contributed by atoms with Gasteiger partial charge in [0.25, 0.3) is 0 Å². The number of phosphoric ester groups is 2. The molecule has 0 aliphatic carbocycles. The Balaban J connectivity index is 5.15. The monoisotopic (exact) mass is 1420 g/mol. The van der Waals surface area contributed by atoms with Gasteiger partial charge < -0.3 is 33.8 Å². The number of ether oxygens (including phenoxy) is 4. The van der Waals surface area contributed by atoms with Gasteiger partial charge in [0.15, 0.2) is 12.2 Å². The van der Waals surface area contributed by atoms with Crippen LogP contribution in [0.15, 0.2) is 0 Å². The van der Waals surface area contributed by atoms with E-state index in [0.29, 0.717) is 25.7 Å². The molecule has 0 heterocycles. The lowest BCUT2D eigenvalue weighted by Gasteiger charge is -2.21. The van der Waals surface area contributed by atoms with Crippen LogP contribution in [-0.2, 0) is 65.4 Å². The standard InChI is InChI=1S/C78H152O17P2/c1-5-9-13-17-21-24-27-30-32-34-35-36-37-38-39-41-43-46-49-53-57-61-65-78(83)95-74(69-89-76(81)63-59-55-51-47-45-42-40-33-31-28-25-22-18-14-10-6-2)71-93-97(86,87)91-67-72(79)66-90-96(84,85)92-70-73(68-88-75(80)62-58-54-50-20-16-12-8-4)94-77(82)64-60-56-52-48-44-29-26-23-19-15-11-7-3/h72-74,79H,5-71H2,1-4H3,(H,84,85)(H,86,87)/t72-,73+,74+/m0/s1. The molecular weight excluding hydrogens is 1270 g/mol. The second kappa shape index (κ2) is 72.4. The third kappa shape index (κ3) is 72.2. The molecule has 2 unspecified atom stereocenters. The molecule has 576 valence electrons. The van der Waals surface area contributed by atoms with Gasteiger partial charge >= 0.3 is 39.5 Å². The number of hydrogen-bond donors (Lipinski definition) is 3. The lowest BCUT2D eigenvalue weighted by molar-refractivity contribution is -0.161. The Kier molecular flexibility index (Phi) is 71.0. The predicted molar refractivity (Wildman–Crippen MR) is 395 cm³/mol. The first-order valence-electron chi connectivity index (χ1n) is 40.8. The molecule has 0 aromatic rings. The maximum Gasteiger partial charge on any atom is 0.472 e. The number of carbonyl (C=O) groups excluding carboxylic acids is 4. The predicted octanol–water partition coefficient (Wildman–Crippen LogP) is 23.4. The quantitative estimate of drug-likeness (QED) is 0.0222. The smallest absolute Gasteiger partial charge is 0.462 e. The number of hydrogen-bond acceptors (Lipinski definition) is 15. The summed E-state index contributed by atoms with van der Waals surface area (Å²) in [5.74, 6) is -2.11. The molecule has 0 rings (SSSR count). The van der Waals surface area contributed by atoms with Crippen molar-refractivity contribution in [2.24, 2.45) is 0 Å². The topological polar surface area (TPSA) is 237 Å². The maximum absolute atomic E-state index is 13.1. The fourth-order valence-electron chi connectivity index (χ4n) is 12.1. The van der Waals surface area contributed by atoms with Crippen molar-refractivity contribution >= 4 is 39.5 Å². The minimum atomic E-state index is -4.96. The Morgan fingerprint density at radius 1 is 0.247 bits per heavy atom. The summed E-state index contributed by atoms with van der Waals surface area (Å²) in [5, 5.41) is 10.6. The molecule has 0 saturated carbocycles. The number of aliphatic hydroxyl groups is 1. The average molecular weight is 1420 g/mol. The average Bonchev–Trinajstić information content (AvgIpc) is 1.04. The lowest BCUT2D eigenvalue weighted by atomic mass is 10.0. The van der Waals surface area contributed by atoms with Crippen molar-refractivity contribution in [3.05, 3.63) is 0 Å². The molecule has 0 aromatic carbocycles. The van der Waals surface area contributed by atoms with Crippen molar-refractivity contribution in [3.63, 3.8) is 0 Å². The van der Waals surface area contributed by atoms with Crippen LogP contribution in [0.25, 0.3) is 0 Å². The normalized spacial score (nSPS) is 13.8. The molecule has 19 heteroatoms. The van der Waals surface area contributed by atoms with Gasteiger partial charge in [-0.25, -0.2) is 9.13 Å². The van der Waals surface area contributed by atoms with Gasteiger partial charge in [0.2, 0.25) is 0 Å². The zero-order chi connectivity index (χ0) is 71.1. The van der Waals surface area contributed by atoms with Crippen molar-refractivity contribution < 1.29 is 80.2 Å². The summed E-state index contributed by atoms with van der Waals surface area (Å²) in [5.41, 5.74) is 0. The number of esters is 4. The summed E-state index contributed by atoms with van der Waals surface area (Å²) in [6.07, 6.45) is 64.1. The van der Waals surface area contributed by atoms with Crippen molar-refractivity contribution in [2.45, 2.75) is 438 Å². The number of aliphatic hydroxyl groups excluding tert-OH is 1. The molecule has 97 heavy (non-hydrogen) atoms. The van der Waals surface area contributed by atoms with Crippen LogP contribution in [0.3, 0.4) is 0 Å². The maximum atomic E-state index is 13.1.